The predicted octanol–water partition coefficient (Wildman–Crippen LogP) is 11.2. The molecule has 0 fully saturated rings. The van der Waals surface area contributed by atoms with E-state index < -0.39 is 0 Å². The SMILES string of the molecule is c1ccc(-c2nc(-c3ccc(-n4c5ccccc5c5c6cccc7c6n(c54)-c4ccccc4S7)cc3)nc3c2oc2ccccc23)cc1. The van der Waals surface area contributed by atoms with Gasteiger partial charge in [0.15, 0.2) is 11.4 Å². The Hall–Kier alpha value is -6.11. The van der Waals surface area contributed by atoms with Gasteiger partial charge in [-0.05, 0) is 60.7 Å². The van der Waals surface area contributed by atoms with Gasteiger partial charge >= 0.3 is 0 Å². The summed E-state index contributed by atoms with van der Waals surface area (Å²) in [6.07, 6.45) is 0. The molecular weight excluding hydrogens is 609 g/mol. The van der Waals surface area contributed by atoms with Crippen molar-refractivity contribution < 1.29 is 4.42 Å². The Morgan fingerprint density at radius 2 is 1.27 bits per heavy atom. The number of furan rings is 1. The highest BCUT2D eigenvalue weighted by Gasteiger charge is 2.27. The number of para-hydroxylation sites is 4. The van der Waals surface area contributed by atoms with Gasteiger partial charge in [-0.25, -0.2) is 9.97 Å². The molecule has 0 aliphatic carbocycles. The largest absolute Gasteiger partial charge is 0.452 e. The van der Waals surface area contributed by atoms with Gasteiger partial charge < -0.3 is 4.42 Å². The number of rotatable bonds is 3. The zero-order valence-electron chi connectivity index (χ0n) is 25.5. The average Bonchev–Trinajstić information content (AvgIpc) is 3.81. The van der Waals surface area contributed by atoms with Crippen LogP contribution in [0.25, 0.3) is 88.9 Å². The van der Waals surface area contributed by atoms with Gasteiger partial charge in [0.2, 0.25) is 0 Å². The number of hydrogen-bond acceptors (Lipinski definition) is 4. The Balaban J connectivity index is 1.15. The number of fused-ring (bicyclic) bond motifs is 10. The molecule has 1 aliphatic rings. The molecule has 5 heterocycles. The van der Waals surface area contributed by atoms with E-state index in [4.69, 9.17) is 14.4 Å². The summed E-state index contributed by atoms with van der Waals surface area (Å²) in [5.41, 5.74) is 11.0. The van der Waals surface area contributed by atoms with Gasteiger partial charge in [-0.2, -0.15) is 0 Å². The lowest BCUT2D eigenvalue weighted by Crippen LogP contribution is -2.05. The Labute approximate surface area is 278 Å². The summed E-state index contributed by atoms with van der Waals surface area (Å²) >= 11 is 1.85. The van der Waals surface area contributed by atoms with Crippen LogP contribution >= 0.6 is 11.8 Å². The lowest BCUT2D eigenvalue weighted by molar-refractivity contribution is 0.667. The van der Waals surface area contributed by atoms with Crippen molar-refractivity contribution in [2.75, 3.05) is 0 Å². The Kier molecular flexibility index (Phi) is 5.26. The van der Waals surface area contributed by atoms with Crippen LogP contribution in [0.2, 0.25) is 0 Å². The molecule has 10 aromatic rings. The first-order chi connectivity index (χ1) is 23.8. The standard InChI is InChI=1S/C42H24N4OS/c1-2-11-25(12-3-1)37-40-38(29-14-5-8-18-33(29)47-40)44-41(43-37)26-21-23-27(24-22-26)45-31-16-6-4-13-28(31)36-30-15-10-20-35-39(30)46(42(36)45)32-17-7-9-19-34(32)48-35/h1-24H. The van der Waals surface area contributed by atoms with E-state index >= 15 is 0 Å². The number of benzene rings is 6. The Bertz CT molecular complexity index is 2920. The number of nitrogens with zero attached hydrogens (tertiary/aromatic N) is 4. The summed E-state index contributed by atoms with van der Waals surface area (Å²) < 4.78 is 11.2. The third-order valence-corrected chi connectivity index (χ3v) is 10.6. The van der Waals surface area contributed by atoms with Crippen molar-refractivity contribution in [1.29, 1.82) is 0 Å². The average molecular weight is 633 g/mol. The summed E-state index contributed by atoms with van der Waals surface area (Å²) in [7, 11) is 0. The minimum atomic E-state index is 0.668. The monoisotopic (exact) mass is 632 g/mol. The minimum Gasteiger partial charge on any atom is -0.452 e. The van der Waals surface area contributed by atoms with E-state index in [1.807, 2.05) is 48.2 Å². The van der Waals surface area contributed by atoms with Gasteiger partial charge in [-0.1, -0.05) is 96.7 Å². The molecule has 6 heteroatoms. The third-order valence-electron chi connectivity index (χ3n) is 9.53. The van der Waals surface area contributed by atoms with Gasteiger partial charge in [0, 0.05) is 48.2 Å². The predicted molar refractivity (Wildman–Crippen MR) is 195 cm³/mol. The molecule has 4 aromatic heterocycles. The lowest BCUT2D eigenvalue weighted by atomic mass is 10.1. The van der Waals surface area contributed by atoms with Crippen LogP contribution in [-0.4, -0.2) is 19.1 Å². The number of hydrogen-bond donors (Lipinski definition) is 0. The van der Waals surface area contributed by atoms with Crippen LogP contribution < -0.4 is 0 Å². The van der Waals surface area contributed by atoms with Gasteiger partial charge in [0.25, 0.3) is 0 Å². The van der Waals surface area contributed by atoms with Crippen molar-refractivity contribution in [3.05, 3.63) is 146 Å². The van der Waals surface area contributed by atoms with E-state index in [1.54, 1.807) is 0 Å². The van der Waals surface area contributed by atoms with E-state index in [2.05, 4.69) is 118 Å². The van der Waals surface area contributed by atoms with Crippen LogP contribution in [0, 0.1) is 0 Å². The van der Waals surface area contributed by atoms with Crippen LogP contribution in [0.4, 0.5) is 0 Å². The van der Waals surface area contributed by atoms with Gasteiger partial charge in [0.05, 0.1) is 16.7 Å². The highest BCUT2D eigenvalue weighted by molar-refractivity contribution is 7.99. The van der Waals surface area contributed by atoms with Crippen LogP contribution in [0.3, 0.4) is 0 Å². The second-order valence-corrected chi connectivity index (χ2v) is 13.3. The van der Waals surface area contributed by atoms with Crippen molar-refractivity contribution in [3.63, 3.8) is 0 Å². The molecule has 0 unspecified atom stereocenters. The molecule has 0 atom stereocenters. The molecule has 6 aromatic carbocycles. The highest BCUT2D eigenvalue weighted by atomic mass is 32.2. The van der Waals surface area contributed by atoms with Gasteiger partial charge in [-0.3, -0.25) is 9.13 Å². The second kappa shape index (κ2) is 9.70. The fraction of sp³-hybridized carbons (Fsp3) is 0. The quantitative estimate of drug-likeness (QED) is 0.194. The lowest BCUT2D eigenvalue weighted by Gasteiger charge is -2.21. The summed E-state index contributed by atoms with van der Waals surface area (Å²) in [5.74, 6) is 0.668. The summed E-state index contributed by atoms with van der Waals surface area (Å²) in [5, 5.41) is 4.78. The van der Waals surface area contributed by atoms with Gasteiger partial charge in [0.1, 0.15) is 22.4 Å². The fourth-order valence-corrected chi connectivity index (χ4v) is 8.55. The first-order valence-corrected chi connectivity index (χ1v) is 16.8. The molecule has 0 saturated heterocycles. The maximum atomic E-state index is 6.33. The van der Waals surface area contributed by atoms with Crippen molar-refractivity contribution in [3.8, 4) is 34.0 Å². The topological polar surface area (TPSA) is 48.8 Å². The summed E-state index contributed by atoms with van der Waals surface area (Å²) in [4.78, 5) is 12.7. The molecule has 0 bridgehead atoms. The first kappa shape index (κ1) is 26.0. The second-order valence-electron chi connectivity index (χ2n) is 12.2. The van der Waals surface area contributed by atoms with E-state index in [1.165, 1.54) is 48.3 Å². The van der Waals surface area contributed by atoms with Crippen molar-refractivity contribution in [1.82, 2.24) is 19.1 Å². The van der Waals surface area contributed by atoms with Crippen LogP contribution in [0.1, 0.15) is 0 Å². The maximum Gasteiger partial charge on any atom is 0.180 e. The zero-order chi connectivity index (χ0) is 31.3. The normalized spacial score (nSPS) is 12.5. The van der Waals surface area contributed by atoms with Crippen molar-refractivity contribution in [2.45, 2.75) is 9.79 Å². The highest BCUT2D eigenvalue weighted by Crippen LogP contribution is 2.49. The van der Waals surface area contributed by atoms with E-state index in [0.717, 1.165) is 39.0 Å². The fourth-order valence-electron chi connectivity index (χ4n) is 7.46. The molecule has 0 radical (unpaired) electrons. The summed E-state index contributed by atoms with van der Waals surface area (Å²) in [6.45, 7) is 0. The molecule has 224 valence electrons. The van der Waals surface area contributed by atoms with Crippen LogP contribution in [0.5, 0.6) is 0 Å². The molecule has 0 saturated carbocycles. The molecule has 11 rings (SSSR count). The van der Waals surface area contributed by atoms with E-state index in [-0.39, 0.29) is 0 Å². The van der Waals surface area contributed by atoms with E-state index in [9.17, 15) is 0 Å². The Morgan fingerprint density at radius 3 is 2.17 bits per heavy atom. The van der Waals surface area contributed by atoms with Crippen molar-refractivity contribution in [2.24, 2.45) is 0 Å². The minimum absolute atomic E-state index is 0.668. The maximum absolute atomic E-state index is 6.33. The van der Waals surface area contributed by atoms with Crippen molar-refractivity contribution >= 4 is 66.7 Å². The smallest absolute Gasteiger partial charge is 0.180 e. The molecule has 0 amide bonds. The number of aromatic nitrogens is 4. The molecule has 48 heavy (non-hydrogen) atoms. The van der Waals surface area contributed by atoms with Gasteiger partial charge in [-0.15, -0.1) is 0 Å². The first-order valence-electron chi connectivity index (χ1n) is 16.0. The zero-order valence-corrected chi connectivity index (χ0v) is 26.3. The molecule has 1 aliphatic heterocycles. The molecule has 0 spiro atoms. The Morgan fingerprint density at radius 1 is 0.542 bits per heavy atom. The molecule has 5 nitrogen and oxygen atoms in total. The summed E-state index contributed by atoms with van der Waals surface area (Å²) in [6, 6.07) is 51.1. The van der Waals surface area contributed by atoms with Crippen LogP contribution in [0.15, 0.2) is 160 Å². The molecule has 0 N–H and O–H groups in total. The third kappa shape index (κ3) is 3.52. The van der Waals surface area contributed by atoms with Crippen LogP contribution in [-0.2, 0) is 0 Å². The van der Waals surface area contributed by atoms with E-state index in [0.29, 0.717) is 11.4 Å². The molecular formula is C42H24N4OS.